The van der Waals surface area contributed by atoms with E-state index in [1.807, 2.05) is 36.4 Å². The van der Waals surface area contributed by atoms with Crippen LogP contribution in [0.3, 0.4) is 0 Å². The molecule has 0 saturated heterocycles. The molecule has 0 atom stereocenters. The van der Waals surface area contributed by atoms with E-state index in [0.29, 0.717) is 0 Å². The predicted molar refractivity (Wildman–Crippen MR) is 88.1 cm³/mol. The van der Waals surface area contributed by atoms with E-state index in [0.717, 1.165) is 27.8 Å². The Labute approximate surface area is 128 Å². The summed E-state index contributed by atoms with van der Waals surface area (Å²) < 4.78 is 18.3. The molecule has 0 bridgehead atoms. The number of methoxy groups -OCH3 is 1. The monoisotopic (exact) mass is 294 g/mol. The average molecular weight is 294 g/mol. The van der Waals surface area contributed by atoms with Gasteiger partial charge in [0, 0.05) is 5.56 Å². The minimum Gasteiger partial charge on any atom is -0.496 e. The zero-order valence-electron chi connectivity index (χ0n) is 12.1. The van der Waals surface area contributed by atoms with Crippen LogP contribution < -0.4 is 10.2 Å². The van der Waals surface area contributed by atoms with Crippen LogP contribution in [0.25, 0.3) is 10.8 Å². The Morgan fingerprint density at radius 3 is 2.55 bits per heavy atom. The molecule has 0 fully saturated rings. The molecule has 0 aliphatic rings. The van der Waals surface area contributed by atoms with Crippen LogP contribution in [0.5, 0.6) is 5.75 Å². The van der Waals surface area contributed by atoms with Gasteiger partial charge in [-0.1, -0.05) is 30.3 Å². The van der Waals surface area contributed by atoms with E-state index in [4.69, 9.17) is 4.74 Å². The fraction of sp³-hybridized carbons (Fsp3) is 0.0556. The van der Waals surface area contributed by atoms with Gasteiger partial charge in [0.2, 0.25) is 0 Å². The Morgan fingerprint density at radius 1 is 1.00 bits per heavy atom. The summed E-state index contributed by atoms with van der Waals surface area (Å²) in [6.45, 7) is 0. The van der Waals surface area contributed by atoms with Crippen LogP contribution in [0.1, 0.15) is 5.56 Å². The minimum atomic E-state index is -0.273. The Hall–Kier alpha value is -2.88. The number of hydrogen-bond donors (Lipinski definition) is 1. The summed E-state index contributed by atoms with van der Waals surface area (Å²) in [6, 6.07) is 18.0. The third-order valence-electron chi connectivity index (χ3n) is 3.38. The van der Waals surface area contributed by atoms with Crippen molar-refractivity contribution in [1.82, 2.24) is 0 Å². The molecule has 0 unspecified atom stereocenters. The largest absolute Gasteiger partial charge is 0.496 e. The zero-order valence-corrected chi connectivity index (χ0v) is 12.1. The topological polar surface area (TPSA) is 33.6 Å². The maximum Gasteiger partial charge on any atom is 0.128 e. The van der Waals surface area contributed by atoms with E-state index in [2.05, 4.69) is 10.5 Å². The van der Waals surface area contributed by atoms with E-state index >= 15 is 0 Å². The van der Waals surface area contributed by atoms with Crippen molar-refractivity contribution < 1.29 is 9.13 Å². The van der Waals surface area contributed by atoms with Crippen molar-refractivity contribution >= 4 is 22.7 Å². The van der Waals surface area contributed by atoms with Crippen molar-refractivity contribution in [3.05, 3.63) is 72.0 Å². The molecule has 110 valence electrons. The molecular weight excluding hydrogens is 279 g/mol. The normalized spacial score (nSPS) is 11.0. The van der Waals surface area contributed by atoms with Gasteiger partial charge in [-0.3, -0.25) is 5.43 Å². The van der Waals surface area contributed by atoms with E-state index in [1.165, 1.54) is 12.1 Å². The highest BCUT2D eigenvalue weighted by atomic mass is 19.1. The van der Waals surface area contributed by atoms with Crippen LogP contribution in [0, 0.1) is 5.82 Å². The number of nitrogens with zero attached hydrogens (tertiary/aromatic N) is 1. The molecule has 3 nitrogen and oxygen atoms in total. The van der Waals surface area contributed by atoms with Crippen LogP contribution in [0.4, 0.5) is 10.1 Å². The molecule has 0 radical (unpaired) electrons. The van der Waals surface area contributed by atoms with E-state index in [9.17, 15) is 4.39 Å². The third kappa shape index (κ3) is 2.91. The fourth-order valence-electron chi connectivity index (χ4n) is 2.28. The molecule has 0 amide bonds. The molecule has 4 heteroatoms. The van der Waals surface area contributed by atoms with Gasteiger partial charge in [-0.15, -0.1) is 0 Å². The summed E-state index contributed by atoms with van der Waals surface area (Å²) in [6.07, 6.45) is 1.71. The molecule has 0 aromatic heterocycles. The number of ether oxygens (including phenoxy) is 1. The van der Waals surface area contributed by atoms with Crippen LogP contribution in [-0.4, -0.2) is 13.3 Å². The lowest BCUT2D eigenvalue weighted by molar-refractivity contribution is 0.415. The summed E-state index contributed by atoms with van der Waals surface area (Å²) in [5.41, 5.74) is 4.50. The van der Waals surface area contributed by atoms with Gasteiger partial charge in [-0.2, -0.15) is 5.10 Å². The standard InChI is InChI=1S/C18H15FN2O/c1-22-18-11-6-13-4-2-3-5-16(13)17(18)12-20-21-15-9-7-14(19)8-10-15/h2-12,21H,1H3/b20-12+. The molecule has 0 saturated carbocycles. The number of hydrogen-bond acceptors (Lipinski definition) is 3. The average Bonchev–Trinajstić information content (AvgIpc) is 2.56. The number of halogens is 1. The van der Waals surface area contributed by atoms with Crippen molar-refractivity contribution in [3.8, 4) is 5.75 Å². The van der Waals surface area contributed by atoms with Gasteiger partial charge in [-0.05, 0) is 41.1 Å². The van der Waals surface area contributed by atoms with Crippen LogP contribution in [0.2, 0.25) is 0 Å². The molecule has 3 aromatic rings. The fourth-order valence-corrected chi connectivity index (χ4v) is 2.28. The lowest BCUT2D eigenvalue weighted by Crippen LogP contribution is -1.95. The number of nitrogens with one attached hydrogen (secondary N) is 1. The van der Waals surface area contributed by atoms with Crippen LogP contribution in [-0.2, 0) is 0 Å². The summed E-state index contributed by atoms with van der Waals surface area (Å²) in [5.74, 6) is 0.480. The van der Waals surface area contributed by atoms with Crippen LogP contribution in [0.15, 0.2) is 65.8 Å². The minimum absolute atomic E-state index is 0.273. The Kier molecular flexibility index (Phi) is 4.01. The highest BCUT2D eigenvalue weighted by molar-refractivity contribution is 6.02. The molecule has 22 heavy (non-hydrogen) atoms. The first kappa shape index (κ1) is 14.1. The molecule has 0 heterocycles. The molecular formula is C18H15FN2O. The summed E-state index contributed by atoms with van der Waals surface area (Å²) in [4.78, 5) is 0. The second-order valence-corrected chi connectivity index (χ2v) is 4.78. The molecule has 1 N–H and O–H groups in total. The third-order valence-corrected chi connectivity index (χ3v) is 3.38. The van der Waals surface area contributed by atoms with E-state index in [-0.39, 0.29) is 5.82 Å². The first-order valence-electron chi connectivity index (χ1n) is 6.88. The van der Waals surface area contributed by atoms with Gasteiger partial charge in [0.15, 0.2) is 0 Å². The Bertz CT molecular complexity index is 813. The first-order valence-corrected chi connectivity index (χ1v) is 6.88. The molecule has 3 aromatic carbocycles. The number of anilines is 1. The van der Waals surface area contributed by atoms with Crippen molar-refractivity contribution in [1.29, 1.82) is 0 Å². The van der Waals surface area contributed by atoms with Gasteiger partial charge < -0.3 is 4.74 Å². The van der Waals surface area contributed by atoms with Gasteiger partial charge in [0.05, 0.1) is 19.0 Å². The molecule has 3 rings (SSSR count). The second kappa shape index (κ2) is 6.26. The number of hydrazone groups is 1. The Morgan fingerprint density at radius 2 is 1.77 bits per heavy atom. The van der Waals surface area contributed by atoms with Gasteiger partial charge in [-0.25, -0.2) is 4.39 Å². The number of rotatable bonds is 4. The Balaban J connectivity index is 1.91. The van der Waals surface area contributed by atoms with Gasteiger partial charge in [0.25, 0.3) is 0 Å². The number of benzene rings is 3. The zero-order chi connectivity index (χ0) is 15.4. The van der Waals surface area contributed by atoms with Crippen molar-refractivity contribution in [3.63, 3.8) is 0 Å². The first-order chi connectivity index (χ1) is 10.8. The lowest BCUT2D eigenvalue weighted by Gasteiger charge is -2.08. The highest BCUT2D eigenvalue weighted by Crippen LogP contribution is 2.26. The molecule has 0 aliphatic carbocycles. The predicted octanol–water partition coefficient (Wildman–Crippen LogP) is 4.43. The van der Waals surface area contributed by atoms with Crippen LogP contribution >= 0.6 is 0 Å². The van der Waals surface area contributed by atoms with E-state index in [1.54, 1.807) is 25.5 Å². The number of fused-ring (bicyclic) bond motifs is 1. The summed E-state index contributed by atoms with van der Waals surface area (Å²) in [7, 11) is 1.63. The van der Waals surface area contributed by atoms with Crippen molar-refractivity contribution in [2.45, 2.75) is 0 Å². The molecule has 0 aliphatic heterocycles. The second-order valence-electron chi connectivity index (χ2n) is 4.78. The lowest BCUT2D eigenvalue weighted by atomic mass is 10.0. The van der Waals surface area contributed by atoms with Gasteiger partial charge >= 0.3 is 0 Å². The smallest absolute Gasteiger partial charge is 0.128 e. The summed E-state index contributed by atoms with van der Waals surface area (Å²) >= 11 is 0. The maximum atomic E-state index is 12.9. The maximum absolute atomic E-state index is 12.9. The van der Waals surface area contributed by atoms with Crippen molar-refractivity contribution in [2.24, 2.45) is 5.10 Å². The van der Waals surface area contributed by atoms with E-state index < -0.39 is 0 Å². The molecule has 0 spiro atoms. The summed E-state index contributed by atoms with van der Waals surface area (Å²) in [5, 5.41) is 6.40. The highest BCUT2D eigenvalue weighted by Gasteiger charge is 2.05. The quantitative estimate of drug-likeness (QED) is 0.570. The SMILES string of the molecule is COc1ccc2ccccc2c1/C=N/Nc1ccc(F)cc1. The van der Waals surface area contributed by atoms with Gasteiger partial charge in [0.1, 0.15) is 11.6 Å². The van der Waals surface area contributed by atoms with Crippen molar-refractivity contribution in [2.75, 3.05) is 12.5 Å².